The van der Waals surface area contributed by atoms with Gasteiger partial charge in [-0.25, -0.2) is 4.98 Å². The number of imidazole rings is 1. The lowest BCUT2D eigenvalue weighted by molar-refractivity contribution is -0.132. The summed E-state index contributed by atoms with van der Waals surface area (Å²) in [4.78, 5) is 31.4. The molecule has 2 amide bonds. The number of rotatable bonds is 5. The van der Waals surface area contributed by atoms with Crippen LogP contribution in [0.25, 0.3) is 4.96 Å². The van der Waals surface area contributed by atoms with Crippen LogP contribution in [-0.2, 0) is 15.0 Å². The molecule has 6 nitrogen and oxygen atoms in total. The molecule has 0 spiro atoms. The highest BCUT2D eigenvalue weighted by atomic mass is 32.1. The van der Waals surface area contributed by atoms with Gasteiger partial charge in [-0.3, -0.25) is 14.0 Å². The number of likely N-dealkylation sites (tertiary alicyclic amines) is 1. The summed E-state index contributed by atoms with van der Waals surface area (Å²) in [6.45, 7) is 3.25. The Labute approximate surface area is 168 Å². The van der Waals surface area contributed by atoms with Crippen molar-refractivity contribution in [2.75, 3.05) is 19.6 Å². The van der Waals surface area contributed by atoms with Crippen molar-refractivity contribution in [2.45, 2.75) is 31.6 Å². The van der Waals surface area contributed by atoms with Crippen molar-refractivity contribution in [1.82, 2.24) is 19.6 Å². The summed E-state index contributed by atoms with van der Waals surface area (Å²) < 4.78 is 2.08. The number of hydrogen-bond acceptors (Lipinski definition) is 4. The Kier molecular flexibility index (Phi) is 5.17. The molecule has 0 bridgehead atoms. The number of fused-ring (bicyclic) bond motifs is 1. The van der Waals surface area contributed by atoms with Crippen molar-refractivity contribution >= 4 is 28.1 Å². The molecule has 28 heavy (non-hydrogen) atoms. The average Bonchev–Trinajstić information content (AvgIpc) is 3.31. The Morgan fingerprint density at radius 2 is 1.96 bits per heavy atom. The Bertz CT molecular complexity index is 942. The minimum Gasteiger partial charge on any atom is -0.356 e. The molecule has 0 radical (unpaired) electrons. The van der Waals surface area contributed by atoms with Gasteiger partial charge in [-0.05, 0) is 18.4 Å². The van der Waals surface area contributed by atoms with E-state index in [1.807, 2.05) is 22.5 Å². The molecule has 0 saturated carbocycles. The molecule has 1 aromatic carbocycles. The molecule has 0 unspecified atom stereocenters. The van der Waals surface area contributed by atoms with Gasteiger partial charge in [-0.1, -0.05) is 30.3 Å². The fourth-order valence-electron chi connectivity index (χ4n) is 4.05. The normalized spacial score (nSPS) is 16.2. The highest BCUT2D eigenvalue weighted by Gasteiger charge is 2.40. The molecule has 0 atom stereocenters. The second-order valence-electron chi connectivity index (χ2n) is 7.28. The van der Waals surface area contributed by atoms with E-state index in [0.29, 0.717) is 26.1 Å². The third-order valence-electron chi connectivity index (χ3n) is 5.59. The maximum Gasteiger partial charge on any atom is 0.224 e. The first kappa shape index (κ1) is 18.7. The number of carbonyl (C=O) groups is 2. The van der Waals surface area contributed by atoms with Crippen LogP contribution in [-0.4, -0.2) is 45.7 Å². The van der Waals surface area contributed by atoms with Crippen LogP contribution in [0.4, 0.5) is 0 Å². The Hall–Kier alpha value is -2.67. The predicted octanol–water partition coefficient (Wildman–Crippen LogP) is 2.83. The summed E-state index contributed by atoms with van der Waals surface area (Å²) in [7, 11) is 0. The topological polar surface area (TPSA) is 66.7 Å². The molecule has 1 aliphatic rings. The second-order valence-corrected chi connectivity index (χ2v) is 8.15. The van der Waals surface area contributed by atoms with Gasteiger partial charge in [0.05, 0.1) is 5.69 Å². The van der Waals surface area contributed by atoms with Gasteiger partial charge in [0.2, 0.25) is 11.8 Å². The largest absolute Gasteiger partial charge is 0.356 e. The van der Waals surface area contributed by atoms with Gasteiger partial charge in [0, 0.05) is 56.2 Å². The third-order valence-corrected chi connectivity index (χ3v) is 6.36. The number of carbonyl (C=O) groups excluding carboxylic acids is 2. The van der Waals surface area contributed by atoms with Crippen LogP contribution in [0, 0.1) is 0 Å². The molecule has 3 aromatic rings. The molecule has 2 aromatic heterocycles. The molecule has 1 aliphatic heterocycles. The molecule has 1 N–H and O–H groups in total. The standard InChI is InChI=1S/C21H24N4O2S/c1-16(26)22-10-7-19(27)24-11-8-21(9-12-24,17-5-3-2-4-6-17)18-15-25-13-14-28-20(25)23-18/h2-6,13-15H,7-12H2,1H3,(H,22,26). The van der Waals surface area contributed by atoms with Crippen LogP contribution in [0.15, 0.2) is 48.1 Å². The van der Waals surface area contributed by atoms with E-state index in [-0.39, 0.29) is 17.2 Å². The van der Waals surface area contributed by atoms with Crippen molar-refractivity contribution in [3.63, 3.8) is 0 Å². The number of nitrogens with one attached hydrogen (secondary N) is 1. The van der Waals surface area contributed by atoms with Gasteiger partial charge < -0.3 is 10.2 Å². The zero-order valence-corrected chi connectivity index (χ0v) is 16.7. The maximum absolute atomic E-state index is 12.5. The molecule has 0 aliphatic carbocycles. The van der Waals surface area contributed by atoms with E-state index < -0.39 is 0 Å². The van der Waals surface area contributed by atoms with Gasteiger partial charge >= 0.3 is 0 Å². The maximum atomic E-state index is 12.5. The summed E-state index contributed by atoms with van der Waals surface area (Å²) >= 11 is 1.64. The summed E-state index contributed by atoms with van der Waals surface area (Å²) in [6.07, 6.45) is 6.20. The second kappa shape index (κ2) is 7.75. The lowest BCUT2D eigenvalue weighted by Gasteiger charge is -2.41. The van der Waals surface area contributed by atoms with Gasteiger partial charge in [-0.15, -0.1) is 11.3 Å². The number of piperidine rings is 1. The van der Waals surface area contributed by atoms with Crippen LogP contribution in [0.2, 0.25) is 0 Å². The number of amides is 2. The van der Waals surface area contributed by atoms with Crippen molar-refractivity contribution in [3.05, 3.63) is 59.4 Å². The number of hydrogen-bond donors (Lipinski definition) is 1. The van der Waals surface area contributed by atoms with Crippen molar-refractivity contribution < 1.29 is 9.59 Å². The van der Waals surface area contributed by atoms with Crippen LogP contribution >= 0.6 is 11.3 Å². The van der Waals surface area contributed by atoms with E-state index in [0.717, 1.165) is 23.5 Å². The van der Waals surface area contributed by atoms with E-state index >= 15 is 0 Å². The van der Waals surface area contributed by atoms with Crippen LogP contribution in [0.1, 0.15) is 37.4 Å². The van der Waals surface area contributed by atoms with Crippen molar-refractivity contribution in [2.24, 2.45) is 0 Å². The average molecular weight is 397 g/mol. The fraction of sp³-hybridized carbons (Fsp3) is 0.381. The van der Waals surface area contributed by atoms with E-state index in [9.17, 15) is 9.59 Å². The molecular formula is C21H24N4O2S. The van der Waals surface area contributed by atoms with Crippen LogP contribution < -0.4 is 5.32 Å². The summed E-state index contributed by atoms with van der Waals surface area (Å²) in [5.74, 6) is -0.00414. The molecule has 7 heteroatoms. The van der Waals surface area contributed by atoms with E-state index in [2.05, 4.69) is 40.2 Å². The predicted molar refractivity (Wildman–Crippen MR) is 109 cm³/mol. The zero-order chi connectivity index (χ0) is 19.6. The van der Waals surface area contributed by atoms with E-state index in [1.165, 1.54) is 12.5 Å². The SMILES string of the molecule is CC(=O)NCCC(=O)N1CCC(c2ccccc2)(c2cn3ccsc3n2)CC1. The smallest absolute Gasteiger partial charge is 0.224 e. The minimum atomic E-state index is -0.179. The first-order chi connectivity index (χ1) is 13.6. The molecule has 146 valence electrons. The lowest BCUT2D eigenvalue weighted by Crippen LogP contribution is -2.46. The Morgan fingerprint density at radius 1 is 1.21 bits per heavy atom. The van der Waals surface area contributed by atoms with Crippen molar-refractivity contribution in [3.8, 4) is 0 Å². The number of nitrogens with zero attached hydrogens (tertiary/aromatic N) is 3. The molecule has 1 fully saturated rings. The minimum absolute atomic E-state index is 0.0984. The quantitative estimate of drug-likeness (QED) is 0.721. The first-order valence-electron chi connectivity index (χ1n) is 9.59. The van der Waals surface area contributed by atoms with Crippen molar-refractivity contribution in [1.29, 1.82) is 0 Å². The molecule has 4 rings (SSSR count). The van der Waals surface area contributed by atoms with Gasteiger partial charge in [-0.2, -0.15) is 0 Å². The first-order valence-corrected chi connectivity index (χ1v) is 10.5. The highest BCUT2D eigenvalue weighted by Crippen LogP contribution is 2.41. The molecule has 3 heterocycles. The van der Waals surface area contributed by atoms with Gasteiger partial charge in [0.25, 0.3) is 0 Å². The highest BCUT2D eigenvalue weighted by molar-refractivity contribution is 7.15. The van der Waals surface area contributed by atoms with Gasteiger partial charge in [0.1, 0.15) is 0 Å². The Balaban J connectivity index is 1.55. The van der Waals surface area contributed by atoms with Crippen LogP contribution in [0.5, 0.6) is 0 Å². The summed E-state index contributed by atoms with van der Waals surface area (Å²) in [6, 6.07) is 10.5. The zero-order valence-electron chi connectivity index (χ0n) is 15.9. The van der Waals surface area contributed by atoms with Gasteiger partial charge in [0.15, 0.2) is 4.96 Å². The fourth-order valence-corrected chi connectivity index (χ4v) is 4.75. The molecule has 1 saturated heterocycles. The number of thiazole rings is 1. The molecular weight excluding hydrogens is 372 g/mol. The van der Waals surface area contributed by atoms with E-state index in [4.69, 9.17) is 4.98 Å². The third kappa shape index (κ3) is 3.54. The number of benzene rings is 1. The monoisotopic (exact) mass is 396 g/mol. The van der Waals surface area contributed by atoms with Crippen LogP contribution in [0.3, 0.4) is 0 Å². The summed E-state index contributed by atoms with van der Waals surface area (Å²) in [5.41, 5.74) is 2.16. The van der Waals surface area contributed by atoms with E-state index in [1.54, 1.807) is 11.3 Å². The number of aromatic nitrogens is 2. The summed E-state index contributed by atoms with van der Waals surface area (Å²) in [5, 5.41) is 4.74. The lowest BCUT2D eigenvalue weighted by atomic mass is 9.70. The Morgan fingerprint density at radius 3 is 2.64 bits per heavy atom.